The Morgan fingerprint density at radius 2 is 2.07 bits per heavy atom. The summed E-state index contributed by atoms with van der Waals surface area (Å²) >= 11 is 7.70. The zero-order valence-corrected chi connectivity index (χ0v) is 16.5. The fourth-order valence-electron chi connectivity index (χ4n) is 2.78. The van der Waals surface area contributed by atoms with Gasteiger partial charge in [0.2, 0.25) is 16.0 Å². The van der Waals surface area contributed by atoms with Crippen molar-refractivity contribution in [2.75, 3.05) is 12.8 Å². The molecule has 7 nitrogen and oxygen atoms in total. The lowest BCUT2D eigenvalue weighted by Crippen LogP contribution is -2.51. The molecule has 27 heavy (non-hydrogen) atoms. The van der Waals surface area contributed by atoms with E-state index >= 15 is 0 Å². The van der Waals surface area contributed by atoms with Crippen LogP contribution in [0.2, 0.25) is 5.02 Å². The molecule has 1 aliphatic rings. The predicted molar refractivity (Wildman–Crippen MR) is 105 cm³/mol. The second kappa shape index (κ2) is 6.66. The van der Waals surface area contributed by atoms with Gasteiger partial charge in [0.25, 0.3) is 0 Å². The molecule has 0 bridgehead atoms. The summed E-state index contributed by atoms with van der Waals surface area (Å²) in [5, 5.41) is 15.3. The lowest BCUT2D eigenvalue weighted by atomic mass is 10.1. The van der Waals surface area contributed by atoms with Crippen LogP contribution < -0.4 is 5.32 Å². The second-order valence-electron chi connectivity index (χ2n) is 6.06. The first-order valence-corrected chi connectivity index (χ1v) is 10.8. The van der Waals surface area contributed by atoms with E-state index in [-0.39, 0.29) is 11.7 Å². The average molecular weight is 423 g/mol. The van der Waals surface area contributed by atoms with E-state index in [1.54, 1.807) is 6.07 Å². The van der Waals surface area contributed by atoms with Crippen molar-refractivity contribution in [3.05, 3.63) is 52.4 Å². The summed E-state index contributed by atoms with van der Waals surface area (Å²) < 4.78 is 30.8. The first-order chi connectivity index (χ1) is 12.8. The SMILES string of the molecule is CN1C(=N)NC(c2sc(-c3cc(-c4ccccc4)on3)cc2Cl)CS1(=O)=O. The van der Waals surface area contributed by atoms with Crippen molar-refractivity contribution in [2.45, 2.75) is 6.04 Å². The molecule has 1 aliphatic heterocycles. The Morgan fingerprint density at radius 3 is 2.78 bits per heavy atom. The van der Waals surface area contributed by atoms with Crippen LogP contribution in [0.15, 0.2) is 47.0 Å². The number of halogens is 1. The highest BCUT2D eigenvalue weighted by Gasteiger charge is 2.35. The number of benzene rings is 1. The van der Waals surface area contributed by atoms with Crippen LogP contribution in [-0.4, -0.2) is 36.6 Å². The van der Waals surface area contributed by atoms with Gasteiger partial charge in [-0.1, -0.05) is 47.1 Å². The highest BCUT2D eigenvalue weighted by Crippen LogP contribution is 2.39. The van der Waals surface area contributed by atoms with E-state index in [0.717, 1.165) is 14.7 Å². The Kier molecular flexibility index (Phi) is 4.45. The summed E-state index contributed by atoms with van der Waals surface area (Å²) in [6.45, 7) is 0. The van der Waals surface area contributed by atoms with Gasteiger partial charge in [-0.25, -0.2) is 12.7 Å². The molecule has 1 unspecified atom stereocenters. The molecule has 0 radical (unpaired) electrons. The van der Waals surface area contributed by atoms with Gasteiger partial charge < -0.3 is 9.84 Å². The van der Waals surface area contributed by atoms with Crippen LogP contribution in [0, 0.1) is 5.41 Å². The smallest absolute Gasteiger partial charge is 0.239 e. The number of hydrogen-bond donors (Lipinski definition) is 2. The third-order valence-electron chi connectivity index (χ3n) is 4.27. The zero-order chi connectivity index (χ0) is 19.2. The highest BCUT2D eigenvalue weighted by atomic mass is 35.5. The molecule has 0 aliphatic carbocycles. The van der Waals surface area contributed by atoms with Gasteiger partial charge in [0.05, 0.1) is 21.7 Å². The van der Waals surface area contributed by atoms with Gasteiger partial charge in [-0.15, -0.1) is 11.3 Å². The minimum absolute atomic E-state index is 0.167. The molecule has 0 spiro atoms. The van der Waals surface area contributed by atoms with Gasteiger partial charge in [-0.05, 0) is 6.07 Å². The zero-order valence-electron chi connectivity index (χ0n) is 14.1. The number of hydrogen-bond acceptors (Lipinski definition) is 6. The molecular weight excluding hydrogens is 408 g/mol. The maximum Gasteiger partial charge on any atom is 0.239 e. The van der Waals surface area contributed by atoms with E-state index in [1.165, 1.54) is 18.4 Å². The average Bonchev–Trinajstić information content (AvgIpc) is 3.27. The summed E-state index contributed by atoms with van der Waals surface area (Å²) in [5.74, 6) is 0.295. The Balaban J connectivity index is 1.65. The Labute approximate surface area is 165 Å². The number of nitrogens with zero attached hydrogens (tertiary/aromatic N) is 2. The summed E-state index contributed by atoms with van der Waals surface area (Å²) in [6, 6.07) is 12.6. The molecule has 0 saturated carbocycles. The molecule has 2 aromatic heterocycles. The molecule has 1 aromatic carbocycles. The van der Waals surface area contributed by atoms with Crippen molar-refractivity contribution in [3.63, 3.8) is 0 Å². The minimum atomic E-state index is -3.55. The number of rotatable bonds is 3. The number of guanidine groups is 1. The van der Waals surface area contributed by atoms with Gasteiger partial charge in [0.1, 0.15) is 5.69 Å². The number of nitrogens with one attached hydrogen (secondary N) is 2. The predicted octanol–water partition coefficient (Wildman–Crippen LogP) is 3.56. The third-order valence-corrected chi connectivity index (χ3v) is 7.74. The lowest BCUT2D eigenvalue weighted by molar-refractivity contribution is 0.435. The van der Waals surface area contributed by atoms with E-state index < -0.39 is 16.1 Å². The van der Waals surface area contributed by atoms with Crippen LogP contribution in [0.5, 0.6) is 0 Å². The summed E-state index contributed by atoms with van der Waals surface area (Å²) in [5.41, 5.74) is 1.54. The lowest BCUT2D eigenvalue weighted by Gasteiger charge is -2.31. The van der Waals surface area contributed by atoms with Crippen molar-refractivity contribution in [1.29, 1.82) is 5.41 Å². The van der Waals surface area contributed by atoms with E-state index in [2.05, 4.69) is 10.5 Å². The second-order valence-corrected chi connectivity index (χ2v) is 9.59. The Bertz CT molecular complexity index is 1110. The fourth-order valence-corrected chi connectivity index (χ4v) is 5.58. The van der Waals surface area contributed by atoms with Gasteiger partial charge in [-0.2, -0.15) is 0 Å². The molecule has 1 saturated heterocycles. The number of thiophene rings is 1. The van der Waals surface area contributed by atoms with Crippen LogP contribution in [0.25, 0.3) is 21.9 Å². The number of aromatic nitrogens is 1. The molecule has 1 fully saturated rings. The quantitative estimate of drug-likeness (QED) is 0.672. The Hall–Kier alpha value is -2.36. The van der Waals surface area contributed by atoms with Crippen LogP contribution in [0.3, 0.4) is 0 Å². The monoisotopic (exact) mass is 422 g/mol. The third kappa shape index (κ3) is 3.33. The first-order valence-electron chi connectivity index (χ1n) is 7.98. The van der Waals surface area contributed by atoms with Gasteiger partial charge in [0.15, 0.2) is 5.76 Å². The molecule has 2 N–H and O–H groups in total. The molecule has 3 aromatic rings. The van der Waals surface area contributed by atoms with Gasteiger partial charge in [0, 0.05) is 23.6 Å². The van der Waals surface area contributed by atoms with Crippen molar-refractivity contribution in [1.82, 2.24) is 14.8 Å². The van der Waals surface area contributed by atoms with Gasteiger partial charge in [-0.3, -0.25) is 5.41 Å². The maximum atomic E-state index is 12.2. The van der Waals surface area contributed by atoms with Crippen molar-refractivity contribution < 1.29 is 12.9 Å². The normalized spacial score (nSPS) is 19.1. The van der Waals surface area contributed by atoms with Crippen LogP contribution in [0.1, 0.15) is 10.9 Å². The summed E-state index contributed by atoms with van der Waals surface area (Å²) in [6.07, 6.45) is 0. The largest absolute Gasteiger partial charge is 0.356 e. The molecule has 10 heteroatoms. The van der Waals surface area contributed by atoms with E-state index in [9.17, 15) is 8.42 Å². The molecule has 4 rings (SSSR count). The molecule has 0 amide bonds. The van der Waals surface area contributed by atoms with Crippen molar-refractivity contribution >= 4 is 38.9 Å². The summed E-state index contributed by atoms with van der Waals surface area (Å²) in [7, 11) is -2.20. The van der Waals surface area contributed by atoms with E-state index in [4.69, 9.17) is 21.5 Å². The molecule has 3 heterocycles. The van der Waals surface area contributed by atoms with Crippen molar-refractivity contribution in [3.8, 4) is 21.9 Å². The molecular formula is C17H15ClN4O3S2. The Morgan fingerprint density at radius 1 is 1.33 bits per heavy atom. The minimum Gasteiger partial charge on any atom is -0.356 e. The fraction of sp³-hybridized carbons (Fsp3) is 0.176. The maximum absolute atomic E-state index is 12.2. The van der Waals surface area contributed by atoms with Crippen LogP contribution in [-0.2, 0) is 10.0 Å². The first kappa shape index (κ1) is 18.0. The highest BCUT2D eigenvalue weighted by molar-refractivity contribution is 7.89. The van der Waals surface area contributed by atoms with Crippen LogP contribution >= 0.6 is 22.9 Å². The number of sulfonamides is 1. The van der Waals surface area contributed by atoms with E-state index in [1.807, 2.05) is 36.4 Å². The van der Waals surface area contributed by atoms with E-state index in [0.29, 0.717) is 21.4 Å². The van der Waals surface area contributed by atoms with Crippen LogP contribution in [0.4, 0.5) is 0 Å². The topological polar surface area (TPSA) is 99.3 Å². The van der Waals surface area contributed by atoms with Crippen molar-refractivity contribution in [2.24, 2.45) is 0 Å². The molecule has 1 atom stereocenters. The standard InChI is InChI=1S/C17H15ClN4O3S2/c1-22-17(19)20-13(9-27(22,23)24)16-11(18)7-15(26-16)12-8-14(25-21-12)10-5-3-2-4-6-10/h2-8,13H,9H2,1H3,(H2,19,20). The summed E-state index contributed by atoms with van der Waals surface area (Å²) in [4.78, 5) is 1.42. The van der Waals surface area contributed by atoms with Gasteiger partial charge >= 0.3 is 0 Å². The molecule has 140 valence electrons.